The van der Waals surface area contributed by atoms with Gasteiger partial charge in [-0.15, -0.1) is 11.3 Å². The summed E-state index contributed by atoms with van der Waals surface area (Å²) in [5, 5.41) is 11.5. The molecule has 0 radical (unpaired) electrons. The summed E-state index contributed by atoms with van der Waals surface area (Å²) < 4.78 is 0. The summed E-state index contributed by atoms with van der Waals surface area (Å²) in [6, 6.07) is 4.41. The van der Waals surface area contributed by atoms with Crippen LogP contribution in [0.25, 0.3) is 0 Å². The average Bonchev–Trinajstić information content (AvgIpc) is 3.41. The number of hydrogen-bond acceptors (Lipinski definition) is 4. The third kappa shape index (κ3) is 4.92. The normalized spacial score (nSPS) is 32.7. The van der Waals surface area contributed by atoms with Gasteiger partial charge in [-0.1, -0.05) is 6.07 Å². The van der Waals surface area contributed by atoms with Crippen molar-refractivity contribution in [1.29, 1.82) is 0 Å². The number of urea groups is 1. The molecule has 1 aromatic heterocycles. The number of rotatable bonds is 8. The predicted molar refractivity (Wildman–Crippen MR) is 123 cm³/mol. The summed E-state index contributed by atoms with van der Waals surface area (Å²) in [6.07, 6.45) is 10.3. The topological polar surface area (TPSA) is 73.5 Å². The molecule has 1 unspecified atom stereocenters. The van der Waals surface area contributed by atoms with Gasteiger partial charge in [-0.3, -0.25) is 9.69 Å². The first kappa shape index (κ1) is 21.3. The second-order valence-corrected chi connectivity index (χ2v) is 11.4. The van der Waals surface area contributed by atoms with Gasteiger partial charge in [0, 0.05) is 29.9 Å². The third-order valence-electron chi connectivity index (χ3n) is 8.00. The monoisotopic (exact) mass is 444 g/mol. The number of thiophene rings is 1. The van der Waals surface area contributed by atoms with Gasteiger partial charge >= 0.3 is 6.03 Å². The van der Waals surface area contributed by atoms with Crippen molar-refractivity contribution in [2.75, 3.05) is 26.2 Å². The lowest BCUT2D eigenvalue weighted by molar-refractivity contribution is -0.121. The van der Waals surface area contributed by atoms with Crippen LogP contribution in [0.15, 0.2) is 17.5 Å². The molecule has 1 saturated heterocycles. The molecule has 4 aliphatic carbocycles. The number of nitrogens with zero attached hydrogens (tertiary/aromatic N) is 1. The van der Waals surface area contributed by atoms with E-state index in [1.807, 2.05) is 0 Å². The number of nitrogens with one attached hydrogen (secondary N) is 3. The number of hydrogen-bond donors (Lipinski definition) is 3. The highest BCUT2D eigenvalue weighted by Crippen LogP contribution is 2.55. The second-order valence-electron chi connectivity index (χ2n) is 10.4. The van der Waals surface area contributed by atoms with E-state index in [1.165, 1.54) is 37.0 Å². The average molecular weight is 445 g/mol. The van der Waals surface area contributed by atoms with Gasteiger partial charge in [0.15, 0.2) is 0 Å². The minimum Gasteiger partial charge on any atom is -0.354 e. The molecule has 2 heterocycles. The Kier molecular flexibility index (Phi) is 6.24. The number of likely N-dealkylation sites (tertiary alicyclic amines) is 1. The summed E-state index contributed by atoms with van der Waals surface area (Å²) >= 11 is 1.76. The smallest absolute Gasteiger partial charge is 0.315 e. The Balaban J connectivity index is 1.04. The molecular formula is C24H36N4O2S. The van der Waals surface area contributed by atoms with Gasteiger partial charge in [0.25, 0.3) is 0 Å². The largest absolute Gasteiger partial charge is 0.354 e. The van der Waals surface area contributed by atoms with E-state index in [-0.39, 0.29) is 23.5 Å². The number of carbonyl (C=O) groups is 2. The van der Waals surface area contributed by atoms with E-state index < -0.39 is 0 Å². The van der Waals surface area contributed by atoms with Crippen LogP contribution in [0.1, 0.15) is 68.7 Å². The zero-order valence-electron chi connectivity index (χ0n) is 18.4. The van der Waals surface area contributed by atoms with Crippen molar-refractivity contribution in [2.45, 2.75) is 69.4 Å². The van der Waals surface area contributed by atoms with E-state index in [0.29, 0.717) is 19.5 Å². The molecule has 170 valence electrons. The Morgan fingerprint density at radius 3 is 2.35 bits per heavy atom. The first-order valence-corrected chi connectivity index (χ1v) is 13.1. The van der Waals surface area contributed by atoms with Crippen molar-refractivity contribution < 1.29 is 9.59 Å². The fourth-order valence-corrected chi connectivity index (χ4v) is 7.94. The Morgan fingerprint density at radius 2 is 1.74 bits per heavy atom. The molecule has 31 heavy (non-hydrogen) atoms. The van der Waals surface area contributed by atoms with Crippen LogP contribution < -0.4 is 16.0 Å². The van der Waals surface area contributed by atoms with Crippen molar-refractivity contribution in [1.82, 2.24) is 20.9 Å². The lowest BCUT2D eigenvalue weighted by Gasteiger charge is -2.56. The first-order chi connectivity index (χ1) is 15.1. The van der Waals surface area contributed by atoms with Crippen LogP contribution in [-0.4, -0.2) is 48.6 Å². The molecule has 0 aromatic carbocycles. The molecule has 6 rings (SSSR count). The van der Waals surface area contributed by atoms with Crippen molar-refractivity contribution in [2.24, 2.45) is 17.8 Å². The van der Waals surface area contributed by atoms with E-state index in [0.717, 1.165) is 50.1 Å². The minimum absolute atomic E-state index is 0.0101. The van der Waals surface area contributed by atoms with Crippen LogP contribution in [-0.2, 0) is 4.79 Å². The van der Waals surface area contributed by atoms with Gasteiger partial charge in [-0.05, 0) is 93.7 Å². The highest BCUT2D eigenvalue weighted by atomic mass is 32.1. The van der Waals surface area contributed by atoms with Crippen LogP contribution in [0.2, 0.25) is 0 Å². The highest BCUT2D eigenvalue weighted by molar-refractivity contribution is 7.10. The number of carbonyl (C=O) groups excluding carboxylic acids is 2. The fourth-order valence-electron chi connectivity index (χ4n) is 7.08. The van der Waals surface area contributed by atoms with Crippen molar-refractivity contribution in [3.05, 3.63) is 22.4 Å². The second kappa shape index (κ2) is 9.10. The van der Waals surface area contributed by atoms with Crippen LogP contribution in [0.4, 0.5) is 4.79 Å². The maximum absolute atomic E-state index is 12.5. The van der Waals surface area contributed by atoms with Gasteiger partial charge < -0.3 is 16.0 Å². The van der Waals surface area contributed by atoms with Crippen LogP contribution >= 0.6 is 11.3 Å². The van der Waals surface area contributed by atoms with E-state index in [1.54, 1.807) is 11.3 Å². The van der Waals surface area contributed by atoms with Gasteiger partial charge in [-0.2, -0.15) is 0 Å². The van der Waals surface area contributed by atoms with Gasteiger partial charge in [-0.25, -0.2) is 4.79 Å². The summed E-state index contributed by atoms with van der Waals surface area (Å²) in [4.78, 5) is 28.8. The van der Waals surface area contributed by atoms with Gasteiger partial charge in [0.05, 0.1) is 6.04 Å². The maximum atomic E-state index is 12.5. The molecule has 1 aromatic rings. The van der Waals surface area contributed by atoms with E-state index in [4.69, 9.17) is 0 Å². The van der Waals surface area contributed by atoms with Crippen molar-refractivity contribution in [3.63, 3.8) is 0 Å². The fraction of sp³-hybridized carbons (Fsp3) is 0.750. The summed E-state index contributed by atoms with van der Waals surface area (Å²) in [5.41, 5.74) is 0.0186. The Labute approximate surface area is 189 Å². The number of amides is 3. The summed E-state index contributed by atoms with van der Waals surface area (Å²) in [5.74, 6) is 2.44. The molecule has 0 spiro atoms. The summed E-state index contributed by atoms with van der Waals surface area (Å²) in [6.45, 7) is 3.23. The van der Waals surface area contributed by atoms with Crippen LogP contribution in [0.5, 0.6) is 0 Å². The van der Waals surface area contributed by atoms with E-state index in [9.17, 15) is 9.59 Å². The van der Waals surface area contributed by atoms with Gasteiger partial charge in [0.2, 0.25) is 5.91 Å². The summed E-state index contributed by atoms with van der Waals surface area (Å²) in [7, 11) is 0. The molecule has 5 fully saturated rings. The zero-order chi connectivity index (χ0) is 21.3. The Hall–Kier alpha value is -1.60. The Morgan fingerprint density at radius 1 is 1.06 bits per heavy atom. The predicted octanol–water partition coefficient (Wildman–Crippen LogP) is 3.66. The molecule has 3 N–H and O–H groups in total. The van der Waals surface area contributed by atoms with Crippen molar-refractivity contribution in [3.8, 4) is 0 Å². The molecule has 4 saturated carbocycles. The van der Waals surface area contributed by atoms with Crippen LogP contribution in [0.3, 0.4) is 0 Å². The Bertz CT molecular complexity index is 739. The van der Waals surface area contributed by atoms with Crippen molar-refractivity contribution >= 4 is 23.3 Å². The first-order valence-electron chi connectivity index (χ1n) is 12.2. The molecule has 6 nitrogen and oxygen atoms in total. The molecule has 3 amide bonds. The van der Waals surface area contributed by atoms with E-state index >= 15 is 0 Å². The minimum atomic E-state index is -0.0942. The van der Waals surface area contributed by atoms with E-state index in [2.05, 4.69) is 38.4 Å². The lowest BCUT2D eigenvalue weighted by Crippen LogP contribution is -2.61. The molecular weight excluding hydrogens is 408 g/mol. The van der Waals surface area contributed by atoms with Crippen LogP contribution in [0, 0.1) is 17.8 Å². The quantitative estimate of drug-likeness (QED) is 0.573. The standard InChI is InChI=1S/C24H36N4O2S/c29-22(26-16-20(21-4-3-9-31-21)28-7-1-2-8-28)5-6-25-23(30)27-24-13-17-10-18(14-24)12-19(11-17)15-24/h3-4,9,17-20H,1-2,5-8,10-16H2,(H,26,29)(H2,25,27,30). The molecule has 4 bridgehead atoms. The maximum Gasteiger partial charge on any atom is 0.315 e. The molecule has 1 aliphatic heterocycles. The van der Waals surface area contributed by atoms with Gasteiger partial charge in [0.1, 0.15) is 0 Å². The highest BCUT2D eigenvalue weighted by Gasteiger charge is 2.51. The third-order valence-corrected chi connectivity index (χ3v) is 8.97. The molecule has 7 heteroatoms. The lowest BCUT2D eigenvalue weighted by atomic mass is 9.53. The SMILES string of the molecule is O=C(CCNC(=O)NC12CC3CC(CC(C3)C1)C2)NCC(c1cccs1)N1CCCC1. The molecule has 5 aliphatic rings. The zero-order valence-corrected chi connectivity index (χ0v) is 19.2. The molecule has 1 atom stereocenters.